The maximum absolute atomic E-state index is 11.3. The molecule has 0 aliphatic carbocycles. The van der Waals surface area contributed by atoms with Gasteiger partial charge in [-0.15, -0.1) is 0 Å². The molecule has 0 aliphatic heterocycles. The lowest BCUT2D eigenvalue weighted by atomic mass is 10.1. The Labute approximate surface area is 174 Å². The number of hydrogen-bond donors (Lipinski definition) is 2. The molecule has 0 aliphatic rings. The second-order valence-electron chi connectivity index (χ2n) is 7.72. The maximum Gasteiger partial charge on any atom is 0.132 e. The summed E-state index contributed by atoms with van der Waals surface area (Å²) in [4.78, 5) is 19.5. The molecule has 0 saturated heterocycles. The van der Waals surface area contributed by atoms with Gasteiger partial charge in [0.05, 0.1) is 17.9 Å². The molecule has 4 nitrogen and oxygen atoms in total. The molecule has 1 unspecified atom stereocenters. The van der Waals surface area contributed by atoms with Crippen molar-refractivity contribution in [2.45, 2.75) is 64.8 Å². The van der Waals surface area contributed by atoms with E-state index in [1.807, 2.05) is 13.1 Å². The van der Waals surface area contributed by atoms with Crippen LogP contribution in [0.4, 0.5) is 0 Å². The number of aromatic nitrogens is 2. The van der Waals surface area contributed by atoms with Crippen molar-refractivity contribution < 1.29 is 4.79 Å². The molecule has 0 fully saturated rings. The number of unbranched alkanes of at least 4 members (excludes halogenated alkanes) is 3. The summed E-state index contributed by atoms with van der Waals surface area (Å²) in [5.74, 6) is 1.39. The molecule has 3 rings (SSSR count). The summed E-state index contributed by atoms with van der Waals surface area (Å²) in [5.41, 5.74) is 2.23. The van der Waals surface area contributed by atoms with Crippen molar-refractivity contribution in [3.63, 3.8) is 0 Å². The first-order valence-electron chi connectivity index (χ1n) is 11.0. The normalized spacial score (nSPS) is 12.3. The maximum atomic E-state index is 11.3. The van der Waals surface area contributed by atoms with Crippen molar-refractivity contribution in [2.24, 2.45) is 0 Å². The van der Waals surface area contributed by atoms with Crippen LogP contribution >= 0.6 is 0 Å². The van der Waals surface area contributed by atoms with Gasteiger partial charge in [-0.3, -0.25) is 4.79 Å². The highest BCUT2D eigenvalue weighted by Gasteiger charge is 2.13. The number of fused-ring (bicyclic) bond motifs is 1. The van der Waals surface area contributed by atoms with Crippen LogP contribution in [-0.2, 0) is 4.79 Å². The first kappa shape index (κ1) is 21.3. The van der Waals surface area contributed by atoms with E-state index in [0.29, 0.717) is 12.2 Å². The smallest absolute Gasteiger partial charge is 0.132 e. The Kier molecular flexibility index (Phi) is 8.00. The van der Waals surface area contributed by atoms with E-state index in [1.54, 1.807) is 0 Å². The molecule has 29 heavy (non-hydrogen) atoms. The minimum absolute atomic E-state index is 0.242. The number of Topliss-reactive ketones (excluding diaryl/α,β-unsaturated/α-hetero) is 1. The third-order valence-corrected chi connectivity index (χ3v) is 5.56. The number of carbonyl (C=O) groups is 1. The second-order valence-corrected chi connectivity index (χ2v) is 7.72. The number of nitrogens with one attached hydrogen (secondary N) is 2. The number of nitrogens with zero attached hydrogens (tertiary/aromatic N) is 1. The fourth-order valence-corrected chi connectivity index (χ4v) is 3.71. The van der Waals surface area contributed by atoms with E-state index in [9.17, 15) is 4.79 Å². The van der Waals surface area contributed by atoms with Gasteiger partial charge in [0.15, 0.2) is 0 Å². The summed E-state index contributed by atoms with van der Waals surface area (Å²) in [6.45, 7) is 5.11. The van der Waals surface area contributed by atoms with Gasteiger partial charge < -0.3 is 10.3 Å². The van der Waals surface area contributed by atoms with Crippen LogP contribution in [0.2, 0.25) is 0 Å². The van der Waals surface area contributed by atoms with E-state index < -0.39 is 0 Å². The third-order valence-electron chi connectivity index (χ3n) is 5.56. The molecule has 154 valence electrons. The van der Waals surface area contributed by atoms with Crippen LogP contribution in [0.3, 0.4) is 0 Å². The Bertz CT molecular complexity index is 915. The van der Waals surface area contributed by atoms with Crippen molar-refractivity contribution in [2.75, 3.05) is 6.54 Å². The summed E-state index contributed by atoms with van der Waals surface area (Å²) >= 11 is 0. The molecule has 0 radical (unpaired) electrons. The first-order chi connectivity index (χ1) is 14.2. The van der Waals surface area contributed by atoms with Gasteiger partial charge >= 0.3 is 0 Å². The Morgan fingerprint density at radius 2 is 1.83 bits per heavy atom. The Hall–Kier alpha value is -2.46. The van der Waals surface area contributed by atoms with Gasteiger partial charge in [-0.05, 0) is 42.6 Å². The average Bonchev–Trinajstić information content (AvgIpc) is 3.25. The number of benzene rings is 2. The quantitative estimate of drug-likeness (QED) is 0.361. The van der Waals surface area contributed by atoms with Gasteiger partial charge in [0.1, 0.15) is 11.6 Å². The molecule has 2 aromatic carbocycles. The number of aromatic amines is 1. The molecule has 0 saturated carbocycles. The number of hydrogen-bond acceptors (Lipinski definition) is 3. The summed E-state index contributed by atoms with van der Waals surface area (Å²) in [7, 11) is 0. The Morgan fingerprint density at radius 1 is 1.03 bits per heavy atom. The van der Waals surface area contributed by atoms with Crippen molar-refractivity contribution in [1.82, 2.24) is 15.3 Å². The van der Waals surface area contributed by atoms with Crippen molar-refractivity contribution in [3.8, 4) is 11.3 Å². The molecule has 1 heterocycles. The topological polar surface area (TPSA) is 57.8 Å². The largest absolute Gasteiger partial charge is 0.341 e. The van der Waals surface area contributed by atoms with Crippen molar-refractivity contribution >= 4 is 16.6 Å². The van der Waals surface area contributed by atoms with E-state index in [1.165, 1.54) is 22.8 Å². The molecule has 1 aromatic heterocycles. The number of H-pyrrole nitrogens is 1. The monoisotopic (exact) mass is 391 g/mol. The van der Waals surface area contributed by atoms with Gasteiger partial charge in [-0.25, -0.2) is 4.98 Å². The lowest BCUT2D eigenvalue weighted by Gasteiger charge is -2.14. The highest BCUT2D eigenvalue weighted by Crippen LogP contribution is 2.24. The zero-order chi connectivity index (χ0) is 20.5. The summed E-state index contributed by atoms with van der Waals surface area (Å²) < 4.78 is 0. The first-order valence-corrected chi connectivity index (χ1v) is 11.0. The van der Waals surface area contributed by atoms with E-state index in [2.05, 4.69) is 64.7 Å². The zero-order valence-corrected chi connectivity index (χ0v) is 17.7. The lowest BCUT2D eigenvalue weighted by molar-refractivity contribution is -0.118. The Morgan fingerprint density at radius 3 is 2.62 bits per heavy atom. The van der Waals surface area contributed by atoms with Crippen molar-refractivity contribution in [1.29, 1.82) is 0 Å². The van der Waals surface area contributed by atoms with Gasteiger partial charge in [-0.2, -0.15) is 0 Å². The standard InChI is InChI=1S/C25H33N3O/c1-3-22(29)13-7-5-6-10-16-26-23(4-2)25-27-18-24(28-25)21-15-14-19-11-8-9-12-20(19)17-21/h8-9,11-12,14-15,17-18,23,26H,3-7,10,13,16H2,1-2H3,(H,27,28). The molecule has 0 bridgehead atoms. The molecule has 4 heteroatoms. The van der Waals surface area contributed by atoms with Crippen LogP contribution in [0.15, 0.2) is 48.7 Å². The fraction of sp³-hybridized carbons (Fsp3) is 0.440. The SMILES string of the molecule is CCC(=O)CCCCCCNC(CC)c1ncc(-c2ccc3ccccc3c2)[nH]1. The summed E-state index contributed by atoms with van der Waals surface area (Å²) in [6, 6.07) is 15.2. The van der Waals surface area contributed by atoms with Crippen molar-refractivity contribution in [3.05, 3.63) is 54.5 Å². The van der Waals surface area contributed by atoms with E-state index in [-0.39, 0.29) is 6.04 Å². The molecule has 1 atom stereocenters. The fourth-order valence-electron chi connectivity index (χ4n) is 3.71. The van der Waals surface area contributed by atoms with Crippen LogP contribution in [0.1, 0.15) is 70.7 Å². The van der Waals surface area contributed by atoms with Gasteiger partial charge in [0.25, 0.3) is 0 Å². The molecule has 2 N–H and O–H groups in total. The Balaban J connectivity index is 1.50. The van der Waals surface area contributed by atoms with E-state index in [4.69, 9.17) is 0 Å². The predicted molar refractivity (Wildman–Crippen MR) is 121 cm³/mol. The molecule has 0 amide bonds. The van der Waals surface area contributed by atoms with Crippen LogP contribution in [0, 0.1) is 0 Å². The zero-order valence-electron chi connectivity index (χ0n) is 17.7. The predicted octanol–water partition coefficient (Wildman–Crippen LogP) is 6.20. The second kappa shape index (κ2) is 10.9. The van der Waals surface area contributed by atoms with E-state index in [0.717, 1.165) is 50.2 Å². The van der Waals surface area contributed by atoms with E-state index >= 15 is 0 Å². The van der Waals surface area contributed by atoms with Crippen LogP contribution in [0.5, 0.6) is 0 Å². The third kappa shape index (κ3) is 6.01. The minimum Gasteiger partial charge on any atom is -0.341 e. The molecule has 3 aromatic rings. The summed E-state index contributed by atoms with van der Waals surface area (Å²) in [6.07, 6.45) is 8.81. The number of rotatable bonds is 12. The highest BCUT2D eigenvalue weighted by molar-refractivity contribution is 5.86. The summed E-state index contributed by atoms with van der Waals surface area (Å²) in [5, 5.41) is 6.13. The van der Waals surface area contributed by atoms with Gasteiger partial charge in [0.2, 0.25) is 0 Å². The molecular formula is C25H33N3O. The highest BCUT2D eigenvalue weighted by atomic mass is 16.1. The minimum atomic E-state index is 0.242. The van der Waals surface area contributed by atoms with Gasteiger partial charge in [0, 0.05) is 18.4 Å². The van der Waals surface area contributed by atoms with Crippen LogP contribution in [-0.4, -0.2) is 22.3 Å². The lowest BCUT2D eigenvalue weighted by Crippen LogP contribution is -2.23. The average molecular weight is 392 g/mol. The van der Waals surface area contributed by atoms with Crippen LogP contribution in [0.25, 0.3) is 22.0 Å². The molecular weight excluding hydrogens is 358 g/mol. The molecule has 0 spiro atoms. The van der Waals surface area contributed by atoms with Gasteiger partial charge in [-0.1, -0.05) is 63.1 Å². The number of carbonyl (C=O) groups excluding carboxylic acids is 1. The van der Waals surface area contributed by atoms with Crippen LogP contribution < -0.4 is 5.32 Å². The number of imidazole rings is 1. The number of ketones is 1.